The zero-order valence-electron chi connectivity index (χ0n) is 11.7. The van der Waals surface area contributed by atoms with Gasteiger partial charge in [-0.25, -0.2) is 9.18 Å². The van der Waals surface area contributed by atoms with Crippen LogP contribution in [0, 0.1) is 5.82 Å². The molecule has 20 heavy (non-hydrogen) atoms. The number of hydrogen-bond acceptors (Lipinski definition) is 3. The summed E-state index contributed by atoms with van der Waals surface area (Å²) in [5.74, 6) is -0.703. The minimum absolute atomic E-state index is 0.288. The SMILES string of the molecule is COC(=O)C(C)(NC1CCCC1)c1ccc(F)cc1Br. The molecule has 0 amide bonds. The van der Waals surface area contributed by atoms with Gasteiger partial charge in [0.25, 0.3) is 0 Å². The van der Waals surface area contributed by atoms with Crippen molar-refractivity contribution in [3.8, 4) is 0 Å². The van der Waals surface area contributed by atoms with Crippen LogP contribution in [0.25, 0.3) is 0 Å². The average Bonchev–Trinajstić information content (AvgIpc) is 2.90. The normalized spacial score (nSPS) is 18.8. The number of esters is 1. The van der Waals surface area contributed by atoms with E-state index in [2.05, 4.69) is 21.2 Å². The summed E-state index contributed by atoms with van der Waals surface area (Å²) < 4.78 is 18.8. The lowest BCUT2D eigenvalue weighted by Crippen LogP contribution is -2.51. The summed E-state index contributed by atoms with van der Waals surface area (Å²) >= 11 is 3.34. The molecule has 0 spiro atoms. The number of hydrogen-bond donors (Lipinski definition) is 1. The van der Waals surface area contributed by atoms with Crippen LogP contribution in [0.1, 0.15) is 38.2 Å². The minimum Gasteiger partial charge on any atom is -0.467 e. The number of nitrogens with one attached hydrogen (secondary N) is 1. The van der Waals surface area contributed by atoms with Gasteiger partial charge in [0.05, 0.1) is 7.11 Å². The van der Waals surface area contributed by atoms with E-state index < -0.39 is 5.54 Å². The van der Waals surface area contributed by atoms with Crippen LogP contribution >= 0.6 is 15.9 Å². The summed E-state index contributed by atoms with van der Waals surface area (Å²) in [4.78, 5) is 12.3. The minimum atomic E-state index is -0.976. The molecule has 2 rings (SSSR count). The van der Waals surface area contributed by atoms with E-state index in [0.29, 0.717) is 10.0 Å². The van der Waals surface area contributed by atoms with E-state index in [0.717, 1.165) is 12.8 Å². The topological polar surface area (TPSA) is 38.3 Å². The number of rotatable bonds is 4. The number of benzene rings is 1. The summed E-state index contributed by atoms with van der Waals surface area (Å²) in [6, 6.07) is 4.64. The predicted molar refractivity (Wildman–Crippen MR) is 78.9 cm³/mol. The maximum Gasteiger partial charge on any atom is 0.330 e. The van der Waals surface area contributed by atoms with Crippen LogP contribution < -0.4 is 5.32 Å². The van der Waals surface area contributed by atoms with Crippen LogP contribution in [-0.2, 0) is 15.1 Å². The first kappa shape index (κ1) is 15.4. The molecule has 0 bridgehead atoms. The molecule has 1 aromatic carbocycles. The van der Waals surface area contributed by atoms with Crippen molar-refractivity contribution in [2.45, 2.75) is 44.2 Å². The number of carbonyl (C=O) groups is 1. The fraction of sp³-hybridized carbons (Fsp3) is 0.533. The van der Waals surface area contributed by atoms with Crippen LogP contribution in [0.15, 0.2) is 22.7 Å². The Bertz CT molecular complexity index is 503. The maximum atomic E-state index is 13.3. The molecule has 1 atom stereocenters. The first-order valence-electron chi connectivity index (χ1n) is 6.79. The third kappa shape index (κ3) is 3.04. The van der Waals surface area contributed by atoms with Crippen LogP contribution in [0.5, 0.6) is 0 Å². The monoisotopic (exact) mass is 343 g/mol. The zero-order chi connectivity index (χ0) is 14.8. The number of carbonyl (C=O) groups excluding carboxylic acids is 1. The molecule has 0 heterocycles. The van der Waals surface area contributed by atoms with Crippen molar-refractivity contribution < 1.29 is 13.9 Å². The number of halogens is 2. The van der Waals surface area contributed by atoms with Crippen molar-refractivity contribution in [3.63, 3.8) is 0 Å². The first-order valence-corrected chi connectivity index (χ1v) is 7.58. The van der Waals surface area contributed by atoms with Gasteiger partial charge in [-0.3, -0.25) is 5.32 Å². The second kappa shape index (κ2) is 6.22. The van der Waals surface area contributed by atoms with Crippen molar-refractivity contribution in [2.75, 3.05) is 7.11 Å². The molecule has 5 heteroatoms. The van der Waals surface area contributed by atoms with Gasteiger partial charge in [-0.15, -0.1) is 0 Å². The Balaban J connectivity index is 2.37. The van der Waals surface area contributed by atoms with E-state index in [1.807, 2.05) is 0 Å². The molecule has 0 saturated heterocycles. The molecule has 3 nitrogen and oxygen atoms in total. The molecule has 1 aliphatic carbocycles. The van der Waals surface area contributed by atoms with Crippen LogP contribution in [0.2, 0.25) is 0 Å². The molecule has 1 aliphatic rings. The second-order valence-electron chi connectivity index (χ2n) is 5.37. The van der Waals surface area contributed by atoms with E-state index in [-0.39, 0.29) is 17.8 Å². The highest BCUT2D eigenvalue weighted by Crippen LogP contribution is 2.32. The molecular formula is C15H19BrFNO2. The summed E-state index contributed by atoms with van der Waals surface area (Å²) in [6.07, 6.45) is 4.43. The summed E-state index contributed by atoms with van der Waals surface area (Å²) in [7, 11) is 1.37. The van der Waals surface area contributed by atoms with Gasteiger partial charge in [0.1, 0.15) is 11.4 Å². The number of methoxy groups -OCH3 is 1. The first-order chi connectivity index (χ1) is 9.47. The molecule has 0 aliphatic heterocycles. The van der Waals surface area contributed by atoms with Gasteiger partial charge >= 0.3 is 5.97 Å². The van der Waals surface area contributed by atoms with E-state index in [1.54, 1.807) is 13.0 Å². The van der Waals surface area contributed by atoms with Crippen molar-refractivity contribution in [2.24, 2.45) is 0 Å². The highest BCUT2D eigenvalue weighted by molar-refractivity contribution is 9.10. The van der Waals surface area contributed by atoms with E-state index in [4.69, 9.17) is 4.74 Å². The van der Waals surface area contributed by atoms with Gasteiger partial charge in [0.2, 0.25) is 0 Å². The summed E-state index contributed by atoms with van der Waals surface area (Å²) in [5, 5.41) is 3.39. The van der Waals surface area contributed by atoms with Gasteiger partial charge in [-0.2, -0.15) is 0 Å². The maximum absolute atomic E-state index is 13.3. The van der Waals surface area contributed by atoms with Crippen LogP contribution in [0.4, 0.5) is 4.39 Å². The standard InChI is InChI=1S/C15H19BrFNO2/c1-15(14(19)20-2,18-11-5-3-4-6-11)12-8-7-10(17)9-13(12)16/h7-9,11,18H,3-6H2,1-2H3. The van der Waals surface area contributed by atoms with Gasteiger partial charge in [0, 0.05) is 10.5 Å². The highest BCUT2D eigenvalue weighted by Gasteiger charge is 2.40. The van der Waals surface area contributed by atoms with E-state index >= 15 is 0 Å². The molecule has 1 fully saturated rings. The third-order valence-corrected chi connectivity index (χ3v) is 4.57. The Labute approximate surface area is 127 Å². The van der Waals surface area contributed by atoms with Crippen molar-refractivity contribution >= 4 is 21.9 Å². The molecule has 1 saturated carbocycles. The van der Waals surface area contributed by atoms with Crippen molar-refractivity contribution in [3.05, 3.63) is 34.1 Å². The summed E-state index contributed by atoms with van der Waals surface area (Å²) in [5.41, 5.74) is -0.284. The Morgan fingerprint density at radius 2 is 2.10 bits per heavy atom. The molecule has 1 unspecified atom stereocenters. The van der Waals surface area contributed by atoms with Crippen LogP contribution in [-0.4, -0.2) is 19.1 Å². The molecule has 1 aromatic rings. The van der Waals surface area contributed by atoms with E-state index in [1.165, 1.54) is 32.1 Å². The number of ether oxygens (including phenoxy) is 1. The Morgan fingerprint density at radius 3 is 2.65 bits per heavy atom. The predicted octanol–water partition coefficient (Wildman–Crippen LogP) is 3.51. The lowest BCUT2D eigenvalue weighted by atomic mass is 9.90. The molecule has 110 valence electrons. The fourth-order valence-corrected chi connectivity index (χ4v) is 3.57. The molecule has 1 N–H and O–H groups in total. The zero-order valence-corrected chi connectivity index (χ0v) is 13.3. The van der Waals surface area contributed by atoms with Gasteiger partial charge in [0.15, 0.2) is 0 Å². The van der Waals surface area contributed by atoms with Gasteiger partial charge < -0.3 is 4.74 Å². The fourth-order valence-electron chi connectivity index (χ4n) is 2.82. The third-order valence-electron chi connectivity index (χ3n) is 3.91. The quantitative estimate of drug-likeness (QED) is 0.850. The molecular weight excluding hydrogens is 325 g/mol. The van der Waals surface area contributed by atoms with Crippen molar-refractivity contribution in [1.29, 1.82) is 0 Å². The smallest absolute Gasteiger partial charge is 0.330 e. The second-order valence-corrected chi connectivity index (χ2v) is 6.22. The largest absolute Gasteiger partial charge is 0.467 e. The van der Waals surface area contributed by atoms with Gasteiger partial charge in [-0.05, 0) is 37.5 Å². The average molecular weight is 344 g/mol. The highest BCUT2D eigenvalue weighted by atomic mass is 79.9. The van der Waals surface area contributed by atoms with Crippen molar-refractivity contribution in [1.82, 2.24) is 5.32 Å². The molecule has 0 aromatic heterocycles. The van der Waals surface area contributed by atoms with Gasteiger partial charge in [-0.1, -0.05) is 34.8 Å². The van der Waals surface area contributed by atoms with Crippen LogP contribution in [0.3, 0.4) is 0 Å². The Kier molecular flexibility index (Phi) is 4.81. The van der Waals surface area contributed by atoms with E-state index in [9.17, 15) is 9.18 Å². The molecule has 0 radical (unpaired) electrons. The Hall–Kier alpha value is -0.940. The lowest BCUT2D eigenvalue weighted by molar-refractivity contribution is -0.148. The summed E-state index contributed by atoms with van der Waals surface area (Å²) in [6.45, 7) is 1.79. The lowest BCUT2D eigenvalue weighted by Gasteiger charge is -2.32. The Morgan fingerprint density at radius 1 is 1.45 bits per heavy atom.